The van der Waals surface area contributed by atoms with E-state index in [-0.39, 0.29) is 0 Å². The minimum Gasteiger partial charge on any atom is -0.460 e. The largest absolute Gasteiger partial charge is 0.460 e. The molecule has 5 nitrogen and oxygen atoms in total. The van der Waals surface area contributed by atoms with Crippen molar-refractivity contribution in [1.29, 1.82) is 0 Å². The molecule has 2 aromatic carbocycles. The summed E-state index contributed by atoms with van der Waals surface area (Å²) >= 11 is 0. The summed E-state index contributed by atoms with van der Waals surface area (Å²) in [7, 11) is 1.61. The van der Waals surface area contributed by atoms with Crippen LogP contribution in [0.5, 0.6) is 0 Å². The van der Waals surface area contributed by atoms with Gasteiger partial charge in [0.2, 0.25) is 6.29 Å². The quantitative estimate of drug-likeness (QED) is 0.768. The average molecular weight is 331 g/mol. The van der Waals surface area contributed by atoms with Gasteiger partial charge in [-0.05, 0) is 12.1 Å². The fourth-order valence-corrected chi connectivity index (χ4v) is 2.77. The average Bonchev–Trinajstić information content (AvgIpc) is 2.69. The first-order chi connectivity index (χ1) is 12.3. The summed E-state index contributed by atoms with van der Waals surface area (Å²) < 4.78 is 11.6. The third kappa shape index (κ3) is 3.09. The first-order valence-corrected chi connectivity index (χ1v) is 7.98. The number of nitrogens with zero attached hydrogens (tertiary/aromatic N) is 2. The van der Waals surface area contributed by atoms with E-state index in [1.54, 1.807) is 13.4 Å². The van der Waals surface area contributed by atoms with Crippen molar-refractivity contribution >= 4 is 23.3 Å². The normalized spacial score (nSPS) is 15.7. The fourth-order valence-electron chi connectivity index (χ4n) is 2.77. The fraction of sp³-hybridized carbons (Fsp3) is 0.100. The molecule has 1 N–H and O–H groups in total. The Morgan fingerprint density at radius 3 is 2.40 bits per heavy atom. The molecule has 0 fully saturated rings. The van der Waals surface area contributed by atoms with Gasteiger partial charge in [-0.3, -0.25) is 0 Å². The summed E-state index contributed by atoms with van der Waals surface area (Å²) in [4.78, 5) is 8.78. The second-order valence-corrected chi connectivity index (χ2v) is 5.57. The number of methoxy groups -OCH3 is 1. The topological polar surface area (TPSA) is 56.3 Å². The molecule has 0 amide bonds. The Hall–Kier alpha value is -3.18. The van der Waals surface area contributed by atoms with Crippen molar-refractivity contribution in [2.75, 3.05) is 12.4 Å². The molecule has 1 aromatic heterocycles. The van der Waals surface area contributed by atoms with Crippen molar-refractivity contribution in [3.05, 3.63) is 83.8 Å². The van der Waals surface area contributed by atoms with Gasteiger partial charge in [-0.15, -0.1) is 0 Å². The van der Waals surface area contributed by atoms with Gasteiger partial charge < -0.3 is 14.8 Å². The Bertz CT molecular complexity index is 895. The number of hydrogen-bond acceptors (Lipinski definition) is 5. The van der Waals surface area contributed by atoms with Crippen LogP contribution in [-0.4, -0.2) is 17.1 Å². The van der Waals surface area contributed by atoms with Crippen LogP contribution in [0, 0.1) is 0 Å². The Morgan fingerprint density at radius 2 is 1.68 bits per heavy atom. The van der Waals surface area contributed by atoms with Gasteiger partial charge >= 0.3 is 0 Å². The third-order valence-corrected chi connectivity index (χ3v) is 3.96. The van der Waals surface area contributed by atoms with E-state index >= 15 is 0 Å². The molecule has 1 aliphatic rings. The maximum Gasteiger partial charge on any atom is 0.232 e. The summed E-state index contributed by atoms with van der Waals surface area (Å²) in [6.45, 7) is 0. The molecule has 0 spiro atoms. The number of benzene rings is 2. The zero-order chi connectivity index (χ0) is 17.1. The van der Waals surface area contributed by atoms with E-state index in [4.69, 9.17) is 9.47 Å². The summed E-state index contributed by atoms with van der Waals surface area (Å²) in [6.07, 6.45) is 2.88. The van der Waals surface area contributed by atoms with Crippen LogP contribution in [0.1, 0.15) is 23.1 Å². The second kappa shape index (κ2) is 6.75. The monoisotopic (exact) mass is 331 g/mol. The molecule has 0 radical (unpaired) electrons. The molecule has 25 heavy (non-hydrogen) atoms. The van der Waals surface area contributed by atoms with E-state index in [9.17, 15) is 0 Å². The van der Waals surface area contributed by atoms with Gasteiger partial charge in [0.05, 0.1) is 11.3 Å². The molecule has 1 aliphatic heterocycles. The van der Waals surface area contributed by atoms with E-state index in [1.165, 1.54) is 0 Å². The second-order valence-electron chi connectivity index (χ2n) is 5.57. The van der Waals surface area contributed by atoms with Crippen molar-refractivity contribution in [1.82, 2.24) is 9.97 Å². The van der Waals surface area contributed by atoms with E-state index in [0.717, 1.165) is 28.3 Å². The summed E-state index contributed by atoms with van der Waals surface area (Å²) in [6, 6.07) is 19.8. The Balaban J connectivity index is 1.76. The highest BCUT2D eigenvalue weighted by Gasteiger charge is 2.28. The predicted molar refractivity (Wildman–Crippen MR) is 96.9 cm³/mol. The standard InChI is InChI=1S/C20H17N3O2/c1-24-20-18-16(12-17(25-20)14-8-4-2-5-9-14)21-13-22-19(18)23-15-10-6-3-7-11-15/h2-13,20H,1H3,(H,21,22,23). The minimum absolute atomic E-state index is 0.581. The molecule has 5 heteroatoms. The van der Waals surface area contributed by atoms with Gasteiger partial charge in [0, 0.05) is 24.4 Å². The smallest absolute Gasteiger partial charge is 0.232 e. The highest BCUT2D eigenvalue weighted by atomic mass is 16.7. The van der Waals surface area contributed by atoms with Gasteiger partial charge in [0.25, 0.3) is 0 Å². The highest BCUT2D eigenvalue weighted by Crippen LogP contribution is 2.38. The van der Waals surface area contributed by atoms with Gasteiger partial charge in [-0.1, -0.05) is 48.5 Å². The molecule has 0 bridgehead atoms. The number of anilines is 2. The van der Waals surface area contributed by atoms with Crippen LogP contribution in [0.2, 0.25) is 0 Å². The van der Waals surface area contributed by atoms with Crippen LogP contribution in [0.25, 0.3) is 11.8 Å². The number of para-hydroxylation sites is 1. The summed E-state index contributed by atoms with van der Waals surface area (Å²) in [5.74, 6) is 1.40. The van der Waals surface area contributed by atoms with E-state index in [0.29, 0.717) is 5.82 Å². The van der Waals surface area contributed by atoms with Gasteiger partial charge in [-0.25, -0.2) is 9.97 Å². The van der Waals surface area contributed by atoms with Crippen molar-refractivity contribution in [3.8, 4) is 0 Å². The summed E-state index contributed by atoms with van der Waals surface area (Å²) in [5, 5.41) is 3.31. The van der Waals surface area contributed by atoms with Crippen molar-refractivity contribution < 1.29 is 9.47 Å². The van der Waals surface area contributed by atoms with Crippen LogP contribution < -0.4 is 5.32 Å². The number of nitrogens with one attached hydrogen (secondary N) is 1. The maximum absolute atomic E-state index is 6.05. The number of hydrogen-bond donors (Lipinski definition) is 1. The molecule has 1 atom stereocenters. The molecular weight excluding hydrogens is 314 g/mol. The van der Waals surface area contributed by atoms with Crippen LogP contribution in [0.3, 0.4) is 0 Å². The van der Waals surface area contributed by atoms with E-state index < -0.39 is 6.29 Å². The maximum atomic E-state index is 6.05. The van der Waals surface area contributed by atoms with Crippen LogP contribution in [0.15, 0.2) is 67.0 Å². The number of fused-ring (bicyclic) bond motifs is 1. The Kier molecular flexibility index (Phi) is 4.14. The molecule has 1 unspecified atom stereocenters. The zero-order valence-corrected chi connectivity index (χ0v) is 13.7. The van der Waals surface area contributed by atoms with Crippen molar-refractivity contribution in [3.63, 3.8) is 0 Å². The molecule has 124 valence electrons. The lowest BCUT2D eigenvalue weighted by atomic mass is 10.1. The molecule has 0 saturated carbocycles. The molecule has 0 aliphatic carbocycles. The zero-order valence-electron chi connectivity index (χ0n) is 13.7. The van der Waals surface area contributed by atoms with Crippen molar-refractivity contribution in [2.24, 2.45) is 0 Å². The molecule has 2 heterocycles. The lowest BCUT2D eigenvalue weighted by Crippen LogP contribution is -2.16. The van der Waals surface area contributed by atoms with Crippen LogP contribution in [-0.2, 0) is 9.47 Å². The number of aromatic nitrogens is 2. The highest BCUT2D eigenvalue weighted by molar-refractivity contribution is 5.81. The lowest BCUT2D eigenvalue weighted by molar-refractivity contribution is -0.0764. The SMILES string of the molecule is COC1OC(c2ccccc2)=Cc2ncnc(Nc3ccccc3)c21. The first-order valence-electron chi connectivity index (χ1n) is 7.98. The summed E-state index contributed by atoms with van der Waals surface area (Å²) in [5.41, 5.74) is 3.49. The van der Waals surface area contributed by atoms with E-state index in [2.05, 4.69) is 15.3 Å². The minimum atomic E-state index is -0.581. The molecule has 4 rings (SSSR count). The molecule has 0 saturated heterocycles. The van der Waals surface area contributed by atoms with Gasteiger partial charge in [0.1, 0.15) is 17.9 Å². The van der Waals surface area contributed by atoms with Crippen LogP contribution in [0.4, 0.5) is 11.5 Å². The van der Waals surface area contributed by atoms with Crippen LogP contribution >= 0.6 is 0 Å². The lowest BCUT2D eigenvalue weighted by Gasteiger charge is -2.27. The molecule has 3 aromatic rings. The van der Waals surface area contributed by atoms with Gasteiger partial charge in [-0.2, -0.15) is 0 Å². The number of rotatable bonds is 4. The van der Waals surface area contributed by atoms with Crippen molar-refractivity contribution in [2.45, 2.75) is 6.29 Å². The Labute approximate surface area is 146 Å². The van der Waals surface area contributed by atoms with Gasteiger partial charge in [0.15, 0.2) is 0 Å². The molecular formula is C20H17N3O2. The number of ether oxygens (including phenoxy) is 2. The Morgan fingerprint density at radius 1 is 0.960 bits per heavy atom. The first kappa shape index (κ1) is 15.4. The van der Waals surface area contributed by atoms with E-state index in [1.807, 2.05) is 66.7 Å². The third-order valence-electron chi connectivity index (χ3n) is 3.96. The predicted octanol–water partition coefficient (Wildman–Crippen LogP) is 4.39.